The molecule has 0 aromatic rings. The van der Waals surface area contributed by atoms with E-state index in [4.69, 9.17) is 0 Å². The van der Waals surface area contributed by atoms with E-state index < -0.39 is 0 Å². The van der Waals surface area contributed by atoms with E-state index in [1.165, 1.54) is 0 Å². The van der Waals surface area contributed by atoms with Gasteiger partial charge in [-0.05, 0) is 38.8 Å². The normalized spacial score (nSPS) is 29.6. The molecule has 2 aliphatic heterocycles. The summed E-state index contributed by atoms with van der Waals surface area (Å²) in [5, 5.41) is 6.69. The van der Waals surface area contributed by atoms with Gasteiger partial charge in [0.2, 0.25) is 5.91 Å². The van der Waals surface area contributed by atoms with Crippen molar-refractivity contribution in [2.24, 2.45) is 5.41 Å². The van der Waals surface area contributed by atoms with Crippen molar-refractivity contribution < 1.29 is 4.79 Å². The van der Waals surface area contributed by atoms with Gasteiger partial charge in [0.05, 0.1) is 5.41 Å². The third kappa shape index (κ3) is 3.48. The zero-order valence-electron chi connectivity index (χ0n) is 12.5. The van der Waals surface area contributed by atoms with E-state index in [0.29, 0.717) is 11.9 Å². The molecule has 2 aliphatic rings. The second-order valence-corrected chi connectivity index (χ2v) is 6.14. The van der Waals surface area contributed by atoms with Crippen molar-refractivity contribution in [3.05, 3.63) is 0 Å². The number of hydrogen-bond acceptors (Lipinski definition) is 3. The molecule has 1 amide bonds. The van der Waals surface area contributed by atoms with Crippen molar-refractivity contribution in [2.45, 2.75) is 52.0 Å². The van der Waals surface area contributed by atoms with Crippen molar-refractivity contribution in [2.75, 3.05) is 32.7 Å². The minimum absolute atomic E-state index is 0.128. The molecule has 0 aromatic heterocycles. The molecule has 0 aromatic carbocycles. The van der Waals surface area contributed by atoms with Gasteiger partial charge in [0.25, 0.3) is 0 Å². The lowest BCUT2D eigenvalue weighted by atomic mass is 9.81. The van der Waals surface area contributed by atoms with Crippen molar-refractivity contribution in [1.29, 1.82) is 0 Å². The third-order valence-corrected chi connectivity index (χ3v) is 4.82. The number of likely N-dealkylation sites (tertiary alicyclic amines) is 1. The number of nitrogens with one attached hydrogen (secondary N) is 2. The molecule has 0 bridgehead atoms. The molecule has 2 N–H and O–H groups in total. The Bertz CT molecular complexity index is 292. The van der Waals surface area contributed by atoms with E-state index in [9.17, 15) is 4.79 Å². The molecule has 19 heavy (non-hydrogen) atoms. The third-order valence-electron chi connectivity index (χ3n) is 4.82. The maximum atomic E-state index is 12.6. The number of hydrogen-bond donors (Lipinski definition) is 2. The average molecular weight is 267 g/mol. The van der Waals surface area contributed by atoms with E-state index in [2.05, 4.69) is 29.4 Å². The molecule has 4 nitrogen and oxygen atoms in total. The van der Waals surface area contributed by atoms with Gasteiger partial charge >= 0.3 is 0 Å². The molecule has 0 spiro atoms. The summed E-state index contributed by atoms with van der Waals surface area (Å²) >= 11 is 0. The first-order chi connectivity index (χ1) is 9.20. The van der Waals surface area contributed by atoms with Gasteiger partial charge in [-0.2, -0.15) is 0 Å². The second kappa shape index (κ2) is 6.71. The van der Waals surface area contributed by atoms with Gasteiger partial charge in [0, 0.05) is 25.7 Å². The first kappa shape index (κ1) is 14.8. The molecule has 110 valence electrons. The van der Waals surface area contributed by atoms with Gasteiger partial charge in [-0.15, -0.1) is 0 Å². The fourth-order valence-electron chi connectivity index (χ4n) is 3.48. The molecule has 2 saturated heterocycles. The topological polar surface area (TPSA) is 44.4 Å². The Balaban J connectivity index is 1.86. The van der Waals surface area contributed by atoms with Gasteiger partial charge in [0.15, 0.2) is 0 Å². The van der Waals surface area contributed by atoms with Gasteiger partial charge in [-0.25, -0.2) is 0 Å². The molecule has 2 heterocycles. The largest absolute Gasteiger partial charge is 0.353 e. The van der Waals surface area contributed by atoms with Gasteiger partial charge in [0.1, 0.15) is 0 Å². The van der Waals surface area contributed by atoms with Gasteiger partial charge < -0.3 is 15.5 Å². The van der Waals surface area contributed by atoms with Crippen LogP contribution in [0.2, 0.25) is 0 Å². The lowest BCUT2D eigenvalue weighted by Crippen LogP contribution is -2.50. The predicted octanol–water partition coefficient (Wildman–Crippen LogP) is 1.37. The summed E-state index contributed by atoms with van der Waals surface area (Å²) in [4.78, 5) is 15.1. The fraction of sp³-hybridized carbons (Fsp3) is 0.933. The lowest BCUT2D eigenvalue weighted by molar-refractivity contribution is -0.131. The number of amides is 1. The number of rotatable bonds is 5. The molecule has 4 heteroatoms. The molecule has 0 radical (unpaired) electrons. The monoisotopic (exact) mass is 267 g/mol. The molecule has 1 atom stereocenters. The van der Waals surface area contributed by atoms with Crippen LogP contribution in [0.25, 0.3) is 0 Å². The standard InChI is InChI=1S/C15H29N3O/c1-3-7-15(8-9-16-12-15)14(19)17-13-5-10-18(4-2)11-6-13/h13,16H,3-12H2,1-2H3,(H,17,19). The van der Waals surface area contributed by atoms with Crippen LogP contribution in [-0.4, -0.2) is 49.6 Å². The minimum Gasteiger partial charge on any atom is -0.353 e. The molecule has 0 aliphatic carbocycles. The highest BCUT2D eigenvalue weighted by Gasteiger charge is 2.41. The molecule has 0 saturated carbocycles. The smallest absolute Gasteiger partial charge is 0.227 e. The van der Waals surface area contributed by atoms with Crippen molar-refractivity contribution >= 4 is 5.91 Å². The summed E-state index contributed by atoms with van der Waals surface area (Å²) in [6.45, 7) is 9.61. The average Bonchev–Trinajstić information content (AvgIpc) is 2.90. The highest BCUT2D eigenvalue weighted by molar-refractivity contribution is 5.83. The van der Waals surface area contributed by atoms with Crippen LogP contribution in [0.1, 0.15) is 46.0 Å². The fourth-order valence-corrected chi connectivity index (χ4v) is 3.48. The summed E-state index contributed by atoms with van der Waals surface area (Å²) in [6, 6.07) is 0.393. The van der Waals surface area contributed by atoms with E-state index >= 15 is 0 Å². The number of carbonyl (C=O) groups is 1. The van der Waals surface area contributed by atoms with Crippen LogP contribution >= 0.6 is 0 Å². The van der Waals surface area contributed by atoms with Crippen LogP contribution in [0.3, 0.4) is 0 Å². The second-order valence-electron chi connectivity index (χ2n) is 6.14. The van der Waals surface area contributed by atoms with E-state index in [1.54, 1.807) is 0 Å². The molecule has 1 unspecified atom stereocenters. The van der Waals surface area contributed by atoms with Crippen molar-refractivity contribution in [1.82, 2.24) is 15.5 Å². The van der Waals surface area contributed by atoms with E-state index in [-0.39, 0.29) is 5.41 Å². The first-order valence-corrected chi connectivity index (χ1v) is 7.94. The Morgan fingerprint density at radius 1 is 1.37 bits per heavy atom. The predicted molar refractivity (Wildman–Crippen MR) is 78.1 cm³/mol. The summed E-state index contributed by atoms with van der Waals surface area (Å²) in [6.07, 6.45) is 5.31. The maximum Gasteiger partial charge on any atom is 0.227 e. The van der Waals surface area contributed by atoms with Crippen LogP contribution < -0.4 is 10.6 Å². The Morgan fingerprint density at radius 3 is 2.63 bits per heavy atom. The Kier molecular flexibility index (Phi) is 5.22. The molecule has 2 rings (SSSR count). The minimum atomic E-state index is -0.128. The molecular formula is C15H29N3O. The van der Waals surface area contributed by atoms with Gasteiger partial charge in [-0.3, -0.25) is 4.79 Å². The van der Waals surface area contributed by atoms with E-state index in [1.807, 2.05) is 0 Å². The summed E-state index contributed by atoms with van der Waals surface area (Å²) < 4.78 is 0. The van der Waals surface area contributed by atoms with Crippen LogP contribution in [0.4, 0.5) is 0 Å². The zero-order chi connectivity index (χ0) is 13.7. The highest BCUT2D eigenvalue weighted by Crippen LogP contribution is 2.31. The maximum absolute atomic E-state index is 12.6. The first-order valence-electron chi connectivity index (χ1n) is 7.94. The van der Waals surface area contributed by atoms with Crippen LogP contribution in [-0.2, 0) is 4.79 Å². The SMILES string of the molecule is CCCC1(C(=O)NC2CCN(CC)CC2)CCNC1. The number of nitrogens with zero attached hydrogens (tertiary/aromatic N) is 1. The highest BCUT2D eigenvalue weighted by atomic mass is 16.2. The van der Waals surface area contributed by atoms with E-state index in [0.717, 1.165) is 64.8 Å². The number of carbonyl (C=O) groups excluding carboxylic acids is 1. The number of piperidine rings is 1. The summed E-state index contributed by atoms with van der Waals surface area (Å²) in [5.41, 5.74) is -0.128. The summed E-state index contributed by atoms with van der Waals surface area (Å²) in [7, 11) is 0. The molecule has 2 fully saturated rings. The van der Waals surface area contributed by atoms with Crippen molar-refractivity contribution in [3.63, 3.8) is 0 Å². The van der Waals surface area contributed by atoms with Crippen LogP contribution in [0.15, 0.2) is 0 Å². The molecular weight excluding hydrogens is 238 g/mol. The van der Waals surface area contributed by atoms with Crippen molar-refractivity contribution in [3.8, 4) is 0 Å². The quantitative estimate of drug-likeness (QED) is 0.791. The lowest BCUT2D eigenvalue weighted by Gasteiger charge is -2.34. The Labute approximate surface area is 117 Å². The zero-order valence-corrected chi connectivity index (χ0v) is 12.5. The van der Waals surface area contributed by atoms with Crippen LogP contribution in [0, 0.1) is 5.41 Å². The van der Waals surface area contributed by atoms with Crippen LogP contribution in [0.5, 0.6) is 0 Å². The Morgan fingerprint density at radius 2 is 2.11 bits per heavy atom. The summed E-state index contributed by atoms with van der Waals surface area (Å²) in [5.74, 6) is 0.300. The Hall–Kier alpha value is -0.610. The van der Waals surface area contributed by atoms with Gasteiger partial charge in [-0.1, -0.05) is 20.3 Å².